The van der Waals surface area contributed by atoms with Crippen LogP contribution in [0, 0.1) is 5.82 Å². The monoisotopic (exact) mass is 520 g/mol. The van der Waals surface area contributed by atoms with Crippen LogP contribution in [0.3, 0.4) is 0 Å². The van der Waals surface area contributed by atoms with Crippen LogP contribution in [0.5, 0.6) is 0 Å². The highest BCUT2D eigenvalue weighted by molar-refractivity contribution is 5.79. The number of halogens is 1. The maximum absolute atomic E-state index is 13.5. The van der Waals surface area contributed by atoms with E-state index in [2.05, 4.69) is 14.5 Å². The van der Waals surface area contributed by atoms with Crippen LogP contribution in [-0.2, 0) is 22.8 Å². The van der Waals surface area contributed by atoms with Crippen LogP contribution < -0.4 is 15.4 Å². The number of aromatic nitrogens is 4. The smallest absolute Gasteiger partial charge is 0.333 e. The quantitative estimate of drug-likeness (QED) is 0.353. The van der Waals surface area contributed by atoms with E-state index in [4.69, 9.17) is 14.8 Å². The number of anilines is 2. The van der Waals surface area contributed by atoms with E-state index in [0.717, 1.165) is 48.5 Å². The van der Waals surface area contributed by atoms with Crippen LogP contribution >= 0.6 is 0 Å². The topological polar surface area (TPSA) is 106 Å². The molecule has 1 aliphatic heterocycles. The fourth-order valence-electron chi connectivity index (χ4n) is 4.86. The van der Waals surface area contributed by atoms with Crippen molar-refractivity contribution in [2.45, 2.75) is 32.2 Å². The van der Waals surface area contributed by atoms with Crippen LogP contribution in [0.25, 0.3) is 11.0 Å². The fraction of sp³-hybridized carbons (Fsp3) is 0.333. The Morgan fingerprint density at radius 2 is 1.84 bits per heavy atom. The first-order chi connectivity index (χ1) is 18.4. The number of rotatable bonds is 8. The summed E-state index contributed by atoms with van der Waals surface area (Å²) in [6, 6.07) is 15.9. The first-order valence-electron chi connectivity index (χ1n) is 12.4. The van der Waals surface area contributed by atoms with Gasteiger partial charge in [0, 0.05) is 38.4 Å². The van der Waals surface area contributed by atoms with Gasteiger partial charge in [-0.1, -0.05) is 24.3 Å². The highest BCUT2D eigenvalue weighted by Crippen LogP contribution is 2.28. The number of fused-ring (bicyclic) bond motifs is 1. The van der Waals surface area contributed by atoms with Crippen molar-refractivity contribution in [2.24, 2.45) is 0 Å². The van der Waals surface area contributed by atoms with Crippen LogP contribution in [0.1, 0.15) is 18.4 Å². The molecule has 38 heavy (non-hydrogen) atoms. The number of aliphatic hydroxyl groups excluding tert-OH is 1. The lowest BCUT2D eigenvalue weighted by atomic mass is 10.0. The Labute approximate surface area is 218 Å². The number of nitrogens with zero attached hydrogens (tertiary/aromatic N) is 6. The first-order valence-corrected chi connectivity index (χ1v) is 12.4. The molecule has 5 rings (SSSR count). The molecule has 11 heteroatoms. The van der Waals surface area contributed by atoms with Crippen molar-refractivity contribution in [1.82, 2.24) is 19.1 Å². The third kappa shape index (κ3) is 5.23. The average Bonchev–Trinajstić information content (AvgIpc) is 3.31. The van der Waals surface area contributed by atoms with Gasteiger partial charge in [0.25, 0.3) is 5.56 Å². The molecule has 0 atom stereocenters. The molecular weight excluding hydrogens is 491 g/mol. The first kappa shape index (κ1) is 25.4. The number of carbonyl (C=O) groups excluding carboxylic acids is 1. The molecule has 2 aromatic carbocycles. The van der Waals surface area contributed by atoms with Crippen molar-refractivity contribution in [3.8, 4) is 0 Å². The number of esters is 1. The fourth-order valence-corrected chi connectivity index (χ4v) is 4.86. The van der Waals surface area contributed by atoms with Crippen molar-refractivity contribution >= 4 is 28.9 Å². The van der Waals surface area contributed by atoms with Gasteiger partial charge in [-0.15, -0.1) is 0 Å². The van der Waals surface area contributed by atoms with Gasteiger partial charge in [-0.25, -0.2) is 23.7 Å². The zero-order chi connectivity index (χ0) is 26.6. The van der Waals surface area contributed by atoms with E-state index < -0.39 is 12.6 Å². The number of ether oxygens (including phenoxy) is 1. The molecule has 198 valence electrons. The molecule has 0 amide bonds. The SMILES string of the molecule is CN(c1nccc(=O)n1COC(=O)CO)C1CCN(c2nc3ccccc3n2Cc2ccc(F)cc2)CC1. The molecule has 0 bridgehead atoms. The second-order valence-corrected chi connectivity index (χ2v) is 9.26. The molecule has 1 fully saturated rings. The standard InChI is InChI=1S/C27H29FN6O4/c1-31(26-29-13-10-24(36)34(26)18-38-25(37)17-35)21-11-14-32(15-12-21)27-30-22-4-2-3-5-23(22)33(27)16-19-6-8-20(28)9-7-19/h2-10,13,21,35H,11-12,14-18H2,1H3. The van der Waals surface area contributed by atoms with Crippen molar-refractivity contribution in [3.05, 3.63) is 82.5 Å². The number of imidazole rings is 1. The Balaban J connectivity index is 1.34. The maximum atomic E-state index is 13.5. The van der Waals surface area contributed by atoms with E-state index >= 15 is 0 Å². The Morgan fingerprint density at radius 3 is 2.58 bits per heavy atom. The van der Waals surface area contributed by atoms with Crippen LogP contribution in [0.4, 0.5) is 16.3 Å². The van der Waals surface area contributed by atoms with Crippen molar-refractivity contribution in [1.29, 1.82) is 0 Å². The number of hydrogen-bond acceptors (Lipinski definition) is 8. The zero-order valence-electron chi connectivity index (χ0n) is 21.0. The molecule has 0 aliphatic carbocycles. The van der Waals surface area contributed by atoms with Gasteiger partial charge in [0.15, 0.2) is 6.73 Å². The predicted octanol–water partition coefficient (Wildman–Crippen LogP) is 2.38. The summed E-state index contributed by atoms with van der Waals surface area (Å²) in [6.45, 7) is 0.960. The number of aliphatic hydroxyl groups is 1. The Bertz CT molecular complexity index is 1480. The maximum Gasteiger partial charge on any atom is 0.333 e. The molecule has 0 saturated carbocycles. The molecule has 4 aromatic rings. The molecule has 1 saturated heterocycles. The number of carbonyl (C=O) groups is 1. The van der Waals surface area contributed by atoms with Gasteiger partial charge in [-0.2, -0.15) is 0 Å². The summed E-state index contributed by atoms with van der Waals surface area (Å²) >= 11 is 0. The van der Waals surface area contributed by atoms with Gasteiger partial charge in [0.05, 0.1) is 17.6 Å². The summed E-state index contributed by atoms with van der Waals surface area (Å²) in [5.41, 5.74) is 2.56. The minimum absolute atomic E-state index is 0.0928. The Kier molecular flexibility index (Phi) is 7.36. The van der Waals surface area contributed by atoms with Gasteiger partial charge >= 0.3 is 5.97 Å². The van der Waals surface area contributed by atoms with Crippen LogP contribution in [-0.4, -0.2) is 63.0 Å². The van der Waals surface area contributed by atoms with E-state index in [9.17, 15) is 14.0 Å². The lowest BCUT2D eigenvalue weighted by Gasteiger charge is -2.38. The average molecular weight is 521 g/mol. The second-order valence-electron chi connectivity index (χ2n) is 9.26. The number of piperidine rings is 1. The minimum Gasteiger partial charge on any atom is -0.442 e. The van der Waals surface area contributed by atoms with Crippen LogP contribution in [0.15, 0.2) is 65.6 Å². The third-order valence-electron chi connectivity index (χ3n) is 6.90. The van der Waals surface area contributed by atoms with Crippen molar-refractivity contribution in [3.63, 3.8) is 0 Å². The molecule has 3 heterocycles. The van der Waals surface area contributed by atoms with Crippen molar-refractivity contribution in [2.75, 3.05) is 36.5 Å². The zero-order valence-corrected chi connectivity index (χ0v) is 21.0. The third-order valence-corrected chi connectivity index (χ3v) is 6.90. The van der Waals surface area contributed by atoms with E-state index in [1.54, 1.807) is 12.1 Å². The van der Waals surface area contributed by atoms with Gasteiger partial charge < -0.3 is 24.2 Å². The Hall–Kier alpha value is -4.25. The van der Waals surface area contributed by atoms with Crippen LogP contribution in [0.2, 0.25) is 0 Å². The molecule has 1 N–H and O–H groups in total. The molecule has 0 unspecified atom stereocenters. The molecule has 2 aromatic heterocycles. The van der Waals surface area contributed by atoms with Crippen molar-refractivity contribution < 1.29 is 19.0 Å². The van der Waals surface area contributed by atoms with Gasteiger partial charge in [-0.05, 0) is 42.7 Å². The van der Waals surface area contributed by atoms with Gasteiger partial charge in [0.2, 0.25) is 11.9 Å². The normalized spacial score (nSPS) is 14.1. The van der Waals surface area contributed by atoms with E-state index in [0.29, 0.717) is 12.5 Å². The van der Waals surface area contributed by atoms with Gasteiger partial charge in [0.1, 0.15) is 12.4 Å². The molecule has 0 spiro atoms. The predicted molar refractivity (Wildman–Crippen MR) is 141 cm³/mol. The molecule has 1 aliphatic rings. The number of para-hydroxylation sites is 2. The highest BCUT2D eigenvalue weighted by Gasteiger charge is 2.28. The molecule has 0 radical (unpaired) electrons. The minimum atomic E-state index is -0.814. The summed E-state index contributed by atoms with van der Waals surface area (Å²) < 4.78 is 21.9. The highest BCUT2D eigenvalue weighted by atomic mass is 19.1. The summed E-state index contributed by atoms with van der Waals surface area (Å²) in [5.74, 6) is 0.180. The molecular formula is C27H29FN6O4. The second kappa shape index (κ2) is 11.0. The number of hydrogen-bond donors (Lipinski definition) is 1. The summed E-state index contributed by atoms with van der Waals surface area (Å²) in [5, 5.41) is 8.93. The Morgan fingerprint density at radius 1 is 1.11 bits per heavy atom. The summed E-state index contributed by atoms with van der Waals surface area (Å²) in [7, 11) is 1.87. The lowest BCUT2D eigenvalue weighted by molar-refractivity contribution is -0.150. The lowest BCUT2D eigenvalue weighted by Crippen LogP contribution is -2.46. The largest absolute Gasteiger partial charge is 0.442 e. The van der Waals surface area contributed by atoms with E-state index in [1.807, 2.05) is 36.2 Å². The van der Waals surface area contributed by atoms with Gasteiger partial charge in [-0.3, -0.25) is 4.79 Å². The summed E-state index contributed by atoms with van der Waals surface area (Å²) in [6.07, 6.45) is 3.01. The van der Waals surface area contributed by atoms with E-state index in [-0.39, 0.29) is 24.1 Å². The number of benzene rings is 2. The summed E-state index contributed by atoms with van der Waals surface area (Å²) in [4.78, 5) is 37.4. The molecule has 10 nitrogen and oxygen atoms in total. The van der Waals surface area contributed by atoms with E-state index in [1.165, 1.54) is 29.0 Å².